The Hall–Kier alpha value is -1.56. The van der Waals surface area contributed by atoms with E-state index in [1.54, 1.807) is 0 Å². The lowest BCUT2D eigenvalue weighted by atomic mass is 9.99. The van der Waals surface area contributed by atoms with Crippen LogP contribution in [0.1, 0.15) is 212 Å². The summed E-state index contributed by atoms with van der Waals surface area (Å²) in [7, 11) is 0. The van der Waals surface area contributed by atoms with Crippen LogP contribution in [0.5, 0.6) is 0 Å². The molecule has 0 aliphatic carbocycles. The van der Waals surface area contributed by atoms with Gasteiger partial charge in [-0.2, -0.15) is 0 Å². The van der Waals surface area contributed by atoms with Gasteiger partial charge in [0, 0.05) is 12.8 Å². The lowest BCUT2D eigenvalue weighted by Gasteiger charge is -2.39. The molecule has 1 aliphatic rings. The summed E-state index contributed by atoms with van der Waals surface area (Å²) < 4.78 is 22.2. The second kappa shape index (κ2) is 37.7. The first kappa shape index (κ1) is 52.5. The van der Waals surface area contributed by atoms with Crippen molar-refractivity contribution < 1.29 is 49.0 Å². The van der Waals surface area contributed by atoms with Crippen molar-refractivity contribution >= 4 is 11.9 Å². The molecule has 0 amide bonds. The first-order valence-corrected chi connectivity index (χ1v) is 23.2. The third-order valence-electron chi connectivity index (χ3n) is 11.0. The molecule has 0 aromatic rings. The lowest BCUT2D eigenvalue weighted by Crippen LogP contribution is -2.59. The van der Waals surface area contributed by atoms with Crippen LogP contribution in [0, 0.1) is 0 Å². The topological polar surface area (TPSA) is 152 Å². The van der Waals surface area contributed by atoms with Crippen molar-refractivity contribution in [3.63, 3.8) is 0 Å². The zero-order valence-electron chi connectivity index (χ0n) is 35.7. The zero-order chi connectivity index (χ0) is 40.9. The normalized spacial score (nSPS) is 20.2. The number of aliphatic hydroxyl groups excluding tert-OH is 4. The molecule has 0 aromatic heterocycles. The Kier molecular flexibility index (Phi) is 35.3. The van der Waals surface area contributed by atoms with Gasteiger partial charge in [0.2, 0.25) is 0 Å². The summed E-state index contributed by atoms with van der Waals surface area (Å²) in [5.41, 5.74) is 0. The van der Waals surface area contributed by atoms with Gasteiger partial charge in [-0.05, 0) is 25.7 Å². The lowest BCUT2D eigenvalue weighted by molar-refractivity contribution is -0.305. The molecular weight excluding hydrogens is 712 g/mol. The van der Waals surface area contributed by atoms with Crippen LogP contribution in [0.25, 0.3) is 0 Å². The highest BCUT2D eigenvalue weighted by atomic mass is 16.7. The van der Waals surface area contributed by atoms with Gasteiger partial charge in [-0.25, -0.2) is 0 Å². The van der Waals surface area contributed by atoms with Crippen LogP contribution in [0.4, 0.5) is 0 Å². The van der Waals surface area contributed by atoms with Crippen molar-refractivity contribution in [2.45, 2.75) is 249 Å². The predicted molar refractivity (Wildman–Crippen MR) is 224 cm³/mol. The number of carbonyl (C=O) groups excluding carboxylic acids is 2. The maximum absolute atomic E-state index is 12.8. The molecule has 0 radical (unpaired) electrons. The number of carbonyl (C=O) groups is 2. The van der Waals surface area contributed by atoms with Gasteiger partial charge in [0.25, 0.3) is 0 Å². The van der Waals surface area contributed by atoms with Crippen molar-refractivity contribution in [1.82, 2.24) is 0 Å². The number of rotatable bonds is 40. The Morgan fingerprint density at radius 1 is 0.571 bits per heavy atom. The zero-order valence-corrected chi connectivity index (χ0v) is 35.7. The molecule has 2 unspecified atom stereocenters. The second-order valence-corrected chi connectivity index (χ2v) is 16.3. The molecular formula is C46H86O10. The molecule has 0 spiro atoms. The molecule has 6 atom stereocenters. The third-order valence-corrected chi connectivity index (χ3v) is 11.0. The van der Waals surface area contributed by atoms with Crippen LogP contribution in [0.2, 0.25) is 0 Å². The van der Waals surface area contributed by atoms with Crippen molar-refractivity contribution in [2.75, 3.05) is 19.8 Å². The van der Waals surface area contributed by atoms with Crippen LogP contribution in [-0.4, -0.2) is 89.0 Å². The largest absolute Gasteiger partial charge is 0.462 e. The molecule has 1 aliphatic heterocycles. The minimum absolute atomic E-state index is 0.213. The molecule has 0 bridgehead atoms. The number of unbranched alkanes of at least 4 members (excludes halogenated alkanes) is 28. The van der Waals surface area contributed by atoms with Crippen molar-refractivity contribution in [1.29, 1.82) is 0 Å². The Morgan fingerprint density at radius 3 is 1.41 bits per heavy atom. The summed E-state index contributed by atoms with van der Waals surface area (Å²) in [5.74, 6) is -0.797. The van der Waals surface area contributed by atoms with E-state index < -0.39 is 49.4 Å². The van der Waals surface area contributed by atoms with E-state index in [4.69, 9.17) is 18.9 Å². The quantitative estimate of drug-likeness (QED) is 0.0268. The molecule has 0 aromatic carbocycles. The average Bonchev–Trinajstić information content (AvgIpc) is 3.19. The Balaban J connectivity index is 2.29. The SMILES string of the molecule is C=CCCCCCCCCCCCCCCCC(=O)OC[C@H](CO[C@@H]1O[C@H](CO)[C@H](O)C(O)C1O)OC(=O)CCCCCCCCCCCCCCCCCC. The van der Waals surface area contributed by atoms with E-state index in [2.05, 4.69) is 13.5 Å². The summed E-state index contributed by atoms with van der Waals surface area (Å²) in [4.78, 5) is 25.3. The van der Waals surface area contributed by atoms with Gasteiger partial charge in [0.1, 0.15) is 31.0 Å². The monoisotopic (exact) mass is 799 g/mol. The van der Waals surface area contributed by atoms with Gasteiger partial charge in [-0.1, -0.05) is 180 Å². The van der Waals surface area contributed by atoms with Crippen LogP contribution in [0.15, 0.2) is 12.7 Å². The smallest absolute Gasteiger partial charge is 0.306 e. The highest BCUT2D eigenvalue weighted by molar-refractivity contribution is 5.70. The Morgan fingerprint density at radius 2 is 0.982 bits per heavy atom. The standard InChI is InChI=1S/C46H86O10/c1-3-5-7-9-11-13-15-17-19-21-23-25-27-29-31-33-35-42(49)55-39(38-54-46-45(52)44(51)43(50)40(36-47)56-46)37-53-41(48)34-32-30-28-26-24-22-20-18-16-14-12-10-8-6-4-2/h4,39-40,43-47,50-52H,2-3,5-38H2,1H3/t39-,40-,43+,44?,45?,46-/m1/s1. The molecule has 0 saturated carbocycles. The van der Waals surface area contributed by atoms with Gasteiger partial charge >= 0.3 is 11.9 Å². The van der Waals surface area contributed by atoms with E-state index in [0.717, 1.165) is 44.9 Å². The van der Waals surface area contributed by atoms with Gasteiger partial charge in [0.15, 0.2) is 12.4 Å². The molecule has 1 heterocycles. The molecule has 1 fully saturated rings. The third kappa shape index (κ3) is 28.8. The van der Waals surface area contributed by atoms with Crippen LogP contribution in [-0.2, 0) is 28.5 Å². The minimum atomic E-state index is -1.59. The average molecular weight is 799 g/mol. The van der Waals surface area contributed by atoms with Gasteiger partial charge in [-0.3, -0.25) is 9.59 Å². The van der Waals surface area contributed by atoms with Crippen LogP contribution >= 0.6 is 0 Å². The second-order valence-electron chi connectivity index (χ2n) is 16.3. The highest BCUT2D eigenvalue weighted by Gasteiger charge is 2.44. The summed E-state index contributed by atoms with van der Waals surface area (Å²) in [6, 6.07) is 0. The molecule has 1 rings (SSSR count). The van der Waals surface area contributed by atoms with E-state index in [9.17, 15) is 30.0 Å². The molecule has 10 heteroatoms. The van der Waals surface area contributed by atoms with Crippen molar-refractivity contribution in [3.05, 3.63) is 12.7 Å². The number of ether oxygens (including phenoxy) is 4. The fourth-order valence-electron chi connectivity index (χ4n) is 7.35. The number of allylic oxidation sites excluding steroid dienone is 1. The van der Waals surface area contributed by atoms with E-state index in [0.29, 0.717) is 6.42 Å². The summed E-state index contributed by atoms with van der Waals surface area (Å²) >= 11 is 0. The first-order chi connectivity index (χ1) is 27.3. The summed E-state index contributed by atoms with van der Waals surface area (Å²) in [6.45, 7) is 4.97. The Bertz CT molecular complexity index is 914. The Labute approximate surface area is 341 Å². The van der Waals surface area contributed by atoms with Crippen LogP contribution < -0.4 is 0 Å². The highest BCUT2D eigenvalue weighted by Crippen LogP contribution is 2.23. The van der Waals surface area contributed by atoms with Gasteiger partial charge < -0.3 is 39.4 Å². The van der Waals surface area contributed by atoms with E-state index in [1.165, 1.54) is 141 Å². The fourth-order valence-corrected chi connectivity index (χ4v) is 7.35. The van der Waals surface area contributed by atoms with E-state index in [1.807, 2.05) is 6.08 Å². The number of hydrogen-bond donors (Lipinski definition) is 4. The molecule has 4 N–H and O–H groups in total. The van der Waals surface area contributed by atoms with E-state index >= 15 is 0 Å². The molecule has 330 valence electrons. The fraction of sp³-hybridized carbons (Fsp3) is 0.913. The summed E-state index contributed by atoms with van der Waals surface area (Å²) in [5, 5.41) is 40.1. The predicted octanol–water partition coefficient (Wildman–Crippen LogP) is 9.95. The van der Waals surface area contributed by atoms with Gasteiger partial charge in [0.05, 0.1) is 13.2 Å². The van der Waals surface area contributed by atoms with Crippen LogP contribution in [0.3, 0.4) is 0 Å². The first-order valence-electron chi connectivity index (χ1n) is 23.2. The van der Waals surface area contributed by atoms with E-state index in [-0.39, 0.29) is 32.0 Å². The number of esters is 2. The number of aliphatic hydroxyl groups is 4. The number of hydrogen-bond acceptors (Lipinski definition) is 10. The maximum atomic E-state index is 12.8. The molecule has 1 saturated heterocycles. The minimum Gasteiger partial charge on any atom is -0.462 e. The van der Waals surface area contributed by atoms with Crippen molar-refractivity contribution in [3.8, 4) is 0 Å². The summed E-state index contributed by atoms with van der Waals surface area (Å²) in [6.07, 6.45) is 31.1. The van der Waals surface area contributed by atoms with Gasteiger partial charge in [-0.15, -0.1) is 6.58 Å². The van der Waals surface area contributed by atoms with Crippen molar-refractivity contribution in [2.24, 2.45) is 0 Å². The molecule has 10 nitrogen and oxygen atoms in total. The maximum Gasteiger partial charge on any atom is 0.306 e. The molecule has 56 heavy (non-hydrogen) atoms.